The molecule has 21 heavy (non-hydrogen) atoms. The van der Waals surface area contributed by atoms with Gasteiger partial charge in [0.2, 0.25) is 0 Å². The van der Waals surface area contributed by atoms with Crippen molar-refractivity contribution in [2.75, 3.05) is 19.7 Å². The zero-order valence-electron chi connectivity index (χ0n) is 11.4. The predicted octanol–water partition coefficient (Wildman–Crippen LogP) is 0.883. The molecule has 1 heterocycles. The van der Waals surface area contributed by atoms with Crippen molar-refractivity contribution >= 4 is 12.2 Å². The van der Waals surface area contributed by atoms with Crippen LogP contribution < -0.4 is 5.32 Å². The number of carbonyl (C=O) groups is 2. The minimum Gasteiger partial charge on any atom is -0.465 e. The molecule has 1 fully saturated rings. The third-order valence-electron chi connectivity index (χ3n) is 3.46. The summed E-state index contributed by atoms with van der Waals surface area (Å²) in [6.45, 7) is 0.315. The number of carboxylic acid groups (broad SMARTS) is 1. The lowest BCUT2D eigenvalue weighted by molar-refractivity contribution is 0.130. The van der Waals surface area contributed by atoms with Crippen molar-refractivity contribution in [1.82, 2.24) is 10.2 Å². The van der Waals surface area contributed by atoms with E-state index in [0.29, 0.717) is 0 Å². The second-order valence-corrected chi connectivity index (χ2v) is 4.94. The van der Waals surface area contributed by atoms with E-state index in [0.717, 1.165) is 5.56 Å². The van der Waals surface area contributed by atoms with E-state index in [1.54, 1.807) is 0 Å². The van der Waals surface area contributed by atoms with Crippen LogP contribution in [0.15, 0.2) is 30.3 Å². The Balaban J connectivity index is 1.83. The fraction of sp³-hybridized carbons (Fsp3) is 0.429. The van der Waals surface area contributed by atoms with Gasteiger partial charge in [-0.2, -0.15) is 0 Å². The first-order valence-corrected chi connectivity index (χ1v) is 6.66. The van der Waals surface area contributed by atoms with Gasteiger partial charge in [0.05, 0.1) is 6.04 Å². The van der Waals surface area contributed by atoms with Gasteiger partial charge in [-0.05, 0) is 5.56 Å². The van der Waals surface area contributed by atoms with Gasteiger partial charge in [0.15, 0.2) is 0 Å². The summed E-state index contributed by atoms with van der Waals surface area (Å²) >= 11 is 0. The molecule has 3 N–H and O–H groups in total. The largest absolute Gasteiger partial charge is 0.465 e. The van der Waals surface area contributed by atoms with Crippen molar-refractivity contribution in [3.8, 4) is 0 Å². The van der Waals surface area contributed by atoms with Crippen molar-refractivity contribution < 1.29 is 24.5 Å². The minimum atomic E-state index is -1.06. The van der Waals surface area contributed by atoms with Crippen LogP contribution in [0.2, 0.25) is 0 Å². The maximum Gasteiger partial charge on any atom is 0.407 e. The number of benzene rings is 1. The molecule has 7 nitrogen and oxygen atoms in total. The van der Waals surface area contributed by atoms with E-state index in [4.69, 9.17) is 9.84 Å². The molecule has 1 aromatic carbocycles. The standard InChI is InChI=1S/C14H18N2O5/c17-8-11-6-16(14(19)20)7-12(11)15-13(18)21-9-10-4-2-1-3-5-10/h1-5,11-12,17H,6-9H2,(H,15,18)(H,19,20). The van der Waals surface area contributed by atoms with Crippen molar-refractivity contribution in [1.29, 1.82) is 0 Å². The molecule has 2 rings (SSSR count). The number of rotatable bonds is 4. The highest BCUT2D eigenvalue weighted by atomic mass is 16.5. The van der Waals surface area contributed by atoms with Crippen LogP contribution in [-0.2, 0) is 11.3 Å². The second-order valence-electron chi connectivity index (χ2n) is 4.94. The SMILES string of the molecule is O=C(NC1CN(C(=O)O)CC1CO)OCc1ccccc1. The predicted molar refractivity (Wildman–Crippen MR) is 73.7 cm³/mol. The summed E-state index contributed by atoms with van der Waals surface area (Å²) in [5.41, 5.74) is 0.866. The first-order chi connectivity index (χ1) is 10.1. The summed E-state index contributed by atoms with van der Waals surface area (Å²) in [7, 11) is 0. The molecule has 7 heteroatoms. The Bertz CT molecular complexity index is 493. The lowest BCUT2D eigenvalue weighted by Gasteiger charge is -2.17. The number of carbonyl (C=O) groups excluding carboxylic acids is 1. The molecule has 2 unspecified atom stereocenters. The summed E-state index contributed by atoms with van der Waals surface area (Å²) in [6, 6.07) is 8.81. The van der Waals surface area contributed by atoms with E-state index < -0.39 is 18.2 Å². The van der Waals surface area contributed by atoms with Crippen LogP contribution in [0.4, 0.5) is 9.59 Å². The van der Waals surface area contributed by atoms with Crippen molar-refractivity contribution in [2.45, 2.75) is 12.6 Å². The number of aliphatic hydroxyl groups excluding tert-OH is 1. The van der Waals surface area contributed by atoms with Gasteiger partial charge in [0.1, 0.15) is 6.61 Å². The monoisotopic (exact) mass is 294 g/mol. The molecular formula is C14H18N2O5. The van der Waals surface area contributed by atoms with Crippen LogP contribution in [0, 0.1) is 5.92 Å². The molecule has 114 valence electrons. The van der Waals surface area contributed by atoms with Crippen molar-refractivity contribution in [2.24, 2.45) is 5.92 Å². The smallest absolute Gasteiger partial charge is 0.407 e. The Labute approximate surface area is 122 Å². The molecule has 0 bridgehead atoms. The van der Waals surface area contributed by atoms with Gasteiger partial charge in [0.25, 0.3) is 0 Å². The molecule has 2 amide bonds. The number of nitrogens with one attached hydrogen (secondary N) is 1. The molecule has 1 aromatic rings. The summed E-state index contributed by atoms with van der Waals surface area (Å²) in [4.78, 5) is 23.8. The zero-order valence-corrected chi connectivity index (χ0v) is 11.4. The summed E-state index contributed by atoms with van der Waals surface area (Å²) in [6.07, 6.45) is -1.68. The van der Waals surface area contributed by atoms with Crippen LogP contribution in [0.25, 0.3) is 0 Å². The maximum absolute atomic E-state index is 11.7. The minimum absolute atomic E-state index is 0.145. The quantitative estimate of drug-likeness (QED) is 0.765. The van der Waals surface area contributed by atoms with E-state index in [1.165, 1.54) is 4.90 Å². The van der Waals surface area contributed by atoms with Gasteiger partial charge in [0, 0.05) is 25.6 Å². The summed E-state index contributed by atoms with van der Waals surface area (Å²) in [5, 5.41) is 20.8. The molecule has 0 spiro atoms. The van der Waals surface area contributed by atoms with Crippen molar-refractivity contribution in [3.05, 3.63) is 35.9 Å². The second kappa shape index (κ2) is 6.94. The Morgan fingerprint density at radius 3 is 2.62 bits per heavy atom. The van der Waals surface area contributed by atoms with E-state index in [2.05, 4.69) is 5.32 Å². The Morgan fingerprint density at radius 2 is 2.00 bits per heavy atom. The summed E-state index contributed by atoms with van der Waals surface area (Å²) < 4.78 is 5.08. The van der Waals surface area contributed by atoms with E-state index >= 15 is 0 Å². The molecule has 0 aromatic heterocycles. The molecule has 1 saturated heterocycles. The van der Waals surface area contributed by atoms with Gasteiger partial charge in [-0.1, -0.05) is 30.3 Å². The Hall–Kier alpha value is -2.28. The van der Waals surface area contributed by atoms with Crippen LogP contribution in [-0.4, -0.2) is 53.0 Å². The molecule has 1 aliphatic rings. The number of nitrogens with zero attached hydrogens (tertiary/aromatic N) is 1. The number of hydrogen-bond donors (Lipinski definition) is 3. The highest BCUT2D eigenvalue weighted by Crippen LogP contribution is 2.17. The fourth-order valence-electron chi connectivity index (χ4n) is 2.29. The fourth-order valence-corrected chi connectivity index (χ4v) is 2.29. The third-order valence-corrected chi connectivity index (χ3v) is 3.46. The van der Waals surface area contributed by atoms with Crippen LogP contribution in [0.3, 0.4) is 0 Å². The van der Waals surface area contributed by atoms with Crippen LogP contribution in [0.1, 0.15) is 5.56 Å². The number of aliphatic hydroxyl groups is 1. The van der Waals surface area contributed by atoms with Crippen LogP contribution in [0.5, 0.6) is 0 Å². The molecular weight excluding hydrogens is 276 g/mol. The Morgan fingerprint density at radius 1 is 1.29 bits per heavy atom. The van der Waals surface area contributed by atoms with Gasteiger partial charge < -0.3 is 25.2 Å². The first-order valence-electron chi connectivity index (χ1n) is 6.66. The molecule has 0 saturated carbocycles. The number of amides is 2. The topological polar surface area (TPSA) is 99.1 Å². The number of alkyl carbamates (subject to hydrolysis) is 1. The van der Waals surface area contributed by atoms with Gasteiger partial charge in [-0.25, -0.2) is 9.59 Å². The maximum atomic E-state index is 11.7. The van der Waals surface area contributed by atoms with E-state index in [-0.39, 0.29) is 32.2 Å². The molecule has 2 atom stereocenters. The highest BCUT2D eigenvalue weighted by Gasteiger charge is 2.36. The van der Waals surface area contributed by atoms with Crippen LogP contribution >= 0.6 is 0 Å². The van der Waals surface area contributed by atoms with Crippen molar-refractivity contribution in [3.63, 3.8) is 0 Å². The number of hydrogen-bond acceptors (Lipinski definition) is 4. The molecule has 0 aliphatic carbocycles. The summed E-state index contributed by atoms with van der Waals surface area (Å²) in [5.74, 6) is -0.314. The average Bonchev–Trinajstić information content (AvgIpc) is 2.89. The Kier molecular flexibility index (Phi) is 4.99. The normalized spacial score (nSPS) is 21.1. The van der Waals surface area contributed by atoms with Gasteiger partial charge in [-0.3, -0.25) is 0 Å². The van der Waals surface area contributed by atoms with E-state index in [1.807, 2.05) is 30.3 Å². The molecule has 0 radical (unpaired) electrons. The highest BCUT2D eigenvalue weighted by molar-refractivity contribution is 5.69. The lowest BCUT2D eigenvalue weighted by atomic mass is 10.1. The lowest BCUT2D eigenvalue weighted by Crippen LogP contribution is -2.42. The molecule has 1 aliphatic heterocycles. The number of ether oxygens (including phenoxy) is 1. The zero-order chi connectivity index (χ0) is 15.2. The van der Waals surface area contributed by atoms with E-state index in [9.17, 15) is 14.7 Å². The van der Waals surface area contributed by atoms with Gasteiger partial charge >= 0.3 is 12.2 Å². The average molecular weight is 294 g/mol. The third kappa shape index (κ3) is 4.09. The van der Waals surface area contributed by atoms with Gasteiger partial charge in [-0.15, -0.1) is 0 Å². The first kappa shape index (κ1) is 15.1. The number of likely N-dealkylation sites (tertiary alicyclic amines) is 1.